The molecule has 0 spiro atoms. The summed E-state index contributed by atoms with van der Waals surface area (Å²) in [4.78, 5) is 16.4. The molecule has 32 heavy (non-hydrogen) atoms. The smallest absolute Gasteiger partial charge is 0.230 e. The maximum atomic E-state index is 12.3. The fraction of sp³-hybridized carbons (Fsp3) is 0.167. The molecule has 162 valence electrons. The number of amides is 1. The van der Waals surface area contributed by atoms with E-state index in [1.54, 1.807) is 12.4 Å². The molecule has 0 aliphatic heterocycles. The SMILES string of the molecule is O=C(CSc1nnc(-c2ccncc2)n1Cc1ccccc1)NCCOc1ccccc1. The van der Waals surface area contributed by atoms with Crippen LogP contribution in [0, 0.1) is 0 Å². The average Bonchev–Trinajstić information content (AvgIpc) is 3.24. The second-order valence-electron chi connectivity index (χ2n) is 6.91. The minimum Gasteiger partial charge on any atom is -0.492 e. The van der Waals surface area contributed by atoms with Crippen molar-refractivity contribution in [2.45, 2.75) is 11.7 Å². The summed E-state index contributed by atoms with van der Waals surface area (Å²) in [5.74, 6) is 1.70. The van der Waals surface area contributed by atoms with Crippen LogP contribution in [0.5, 0.6) is 5.75 Å². The van der Waals surface area contributed by atoms with Gasteiger partial charge in [-0.05, 0) is 29.8 Å². The molecule has 0 atom stereocenters. The highest BCUT2D eigenvalue weighted by Crippen LogP contribution is 2.24. The van der Waals surface area contributed by atoms with Crippen LogP contribution in [0.25, 0.3) is 11.4 Å². The van der Waals surface area contributed by atoms with E-state index in [9.17, 15) is 4.79 Å². The lowest BCUT2D eigenvalue weighted by molar-refractivity contribution is -0.118. The molecule has 0 saturated heterocycles. The number of hydrogen-bond acceptors (Lipinski definition) is 6. The number of ether oxygens (including phenoxy) is 1. The van der Waals surface area contributed by atoms with Crippen molar-refractivity contribution in [3.63, 3.8) is 0 Å². The number of benzene rings is 2. The van der Waals surface area contributed by atoms with E-state index in [2.05, 4.69) is 32.6 Å². The number of nitrogens with zero attached hydrogens (tertiary/aromatic N) is 4. The molecule has 2 heterocycles. The van der Waals surface area contributed by atoms with Crippen molar-refractivity contribution in [3.05, 3.63) is 90.8 Å². The lowest BCUT2D eigenvalue weighted by Crippen LogP contribution is -2.29. The summed E-state index contributed by atoms with van der Waals surface area (Å²) >= 11 is 1.37. The first kappa shape index (κ1) is 21.6. The van der Waals surface area contributed by atoms with Crippen LogP contribution in [0.2, 0.25) is 0 Å². The predicted molar refractivity (Wildman–Crippen MR) is 124 cm³/mol. The summed E-state index contributed by atoms with van der Waals surface area (Å²) in [6.07, 6.45) is 3.46. The van der Waals surface area contributed by atoms with E-state index in [4.69, 9.17) is 4.74 Å². The minimum atomic E-state index is -0.0774. The van der Waals surface area contributed by atoms with Crippen LogP contribution < -0.4 is 10.1 Å². The molecule has 0 fully saturated rings. The monoisotopic (exact) mass is 445 g/mol. The highest BCUT2D eigenvalue weighted by atomic mass is 32.2. The normalized spacial score (nSPS) is 10.6. The average molecular weight is 446 g/mol. The summed E-state index contributed by atoms with van der Waals surface area (Å²) in [6, 6.07) is 23.5. The molecule has 4 rings (SSSR count). The fourth-order valence-electron chi connectivity index (χ4n) is 3.08. The van der Waals surface area contributed by atoms with Gasteiger partial charge in [0, 0.05) is 18.0 Å². The first-order valence-electron chi connectivity index (χ1n) is 10.2. The number of aromatic nitrogens is 4. The topological polar surface area (TPSA) is 81.9 Å². The van der Waals surface area contributed by atoms with E-state index in [1.165, 1.54) is 11.8 Å². The van der Waals surface area contributed by atoms with Gasteiger partial charge in [-0.25, -0.2) is 0 Å². The van der Waals surface area contributed by atoms with Crippen LogP contribution in [-0.2, 0) is 11.3 Å². The molecule has 1 N–H and O–H groups in total. The number of para-hydroxylation sites is 1. The molecule has 4 aromatic rings. The molecule has 0 bridgehead atoms. The zero-order chi connectivity index (χ0) is 22.0. The standard InChI is InChI=1S/C24H23N5O2S/c30-22(26-15-16-31-21-9-5-2-6-10-21)18-32-24-28-27-23(20-11-13-25-14-12-20)29(24)17-19-7-3-1-4-8-19/h1-14H,15-18H2,(H,26,30). The number of rotatable bonds is 10. The van der Waals surface area contributed by atoms with E-state index in [1.807, 2.05) is 65.2 Å². The number of carbonyl (C=O) groups is 1. The molecule has 8 heteroatoms. The number of nitrogens with one attached hydrogen (secondary N) is 1. The molecule has 0 aliphatic rings. The fourth-order valence-corrected chi connectivity index (χ4v) is 3.84. The largest absolute Gasteiger partial charge is 0.492 e. The van der Waals surface area contributed by atoms with Crippen LogP contribution in [0.1, 0.15) is 5.56 Å². The third kappa shape index (κ3) is 5.95. The predicted octanol–water partition coefficient (Wildman–Crippen LogP) is 3.68. The second kappa shape index (κ2) is 11.1. The summed E-state index contributed by atoms with van der Waals surface area (Å²) in [6.45, 7) is 1.46. The Labute approximate surface area is 190 Å². The van der Waals surface area contributed by atoms with E-state index in [0.717, 1.165) is 22.7 Å². The first-order chi connectivity index (χ1) is 15.8. The number of thioether (sulfide) groups is 1. The quantitative estimate of drug-likeness (QED) is 0.296. The molecule has 7 nitrogen and oxygen atoms in total. The lowest BCUT2D eigenvalue weighted by atomic mass is 10.2. The van der Waals surface area contributed by atoms with Gasteiger partial charge in [-0.3, -0.25) is 14.3 Å². The highest BCUT2D eigenvalue weighted by molar-refractivity contribution is 7.99. The number of pyridine rings is 1. The maximum absolute atomic E-state index is 12.3. The van der Waals surface area contributed by atoms with Crippen molar-refractivity contribution in [2.24, 2.45) is 0 Å². The molecule has 0 saturated carbocycles. The van der Waals surface area contributed by atoms with Gasteiger partial charge < -0.3 is 10.1 Å². The van der Waals surface area contributed by atoms with Crippen molar-refractivity contribution in [3.8, 4) is 17.1 Å². The molecular formula is C24H23N5O2S. The van der Waals surface area contributed by atoms with Gasteiger partial charge in [0.25, 0.3) is 0 Å². The Balaban J connectivity index is 1.37. The third-order valence-corrected chi connectivity index (χ3v) is 5.57. The molecule has 2 aromatic heterocycles. The second-order valence-corrected chi connectivity index (χ2v) is 7.86. The van der Waals surface area contributed by atoms with Crippen molar-refractivity contribution in [1.29, 1.82) is 0 Å². The Morgan fingerprint density at radius 1 is 0.938 bits per heavy atom. The summed E-state index contributed by atoms with van der Waals surface area (Å²) < 4.78 is 7.63. The van der Waals surface area contributed by atoms with Gasteiger partial charge >= 0.3 is 0 Å². The Bertz CT molecular complexity index is 1120. The molecule has 2 aromatic carbocycles. The Hall–Kier alpha value is -3.65. The van der Waals surface area contributed by atoms with Gasteiger partial charge in [0.1, 0.15) is 12.4 Å². The van der Waals surface area contributed by atoms with Gasteiger partial charge in [-0.2, -0.15) is 0 Å². The van der Waals surface area contributed by atoms with Crippen LogP contribution >= 0.6 is 11.8 Å². The van der Waals surface area contributed by atoms with Gasteiger partial charge in [0.2, 0.25) is 5.91 Å². The minimum absolute atomic E-state index is 0.0774. The van der Waals surface area contributed by atoms with E-state index in [0.29, 0.717) is 24.9 Å². The maximum Gasteiger partial charge on any atom is 0.230 e. The van der Waals surface area contributed by atoms with Crippen LogP contribution in [0.3, 0.4) is 0 Å². The molecule has 0 aliphatic carbocycles. The van der Waals surface area contributed by atoms with E-state index in [-0.39, 0.29) is 11.7 Å². The van der Waals surface area contributed by atoms with E-state index >= 15 is 0 Å². The Morgan fingerprint density at radius 3 is 2.41 bits per heavy atom. The van der Waals surface area contributed by atoms with Crippen LogP contribution in [0.15, 0.2) is 90.3 Å². The van der Waals surface area contributed by atoms with Crippen molar-refractivity contribution in [2.75, 3.05) is 18.9 Å². The number of hydrogen-bond donors (Lipinski definition) is 1. The zero-order valence-corrected chi connectivity index (χ0v) is 18.2. The molecule has 1 amide bonds. The van der Waals surface area contributed by atoms with E-state index < -0.39 is 0 Å². The highest BCUT2D eigenvalue weighted by Gasteiger charge is 2.16. The van der Waals surface area contributed by atoms with Crippen molar-refractivity contribution >= 4 is 17.7 Å². The third-order valence-electron chi connectivity index (χ3n) is 4.61. The molecular weight excluding hydrogens is 422 g/mol. The van der Waals surface area contributed by atoms with Crippen LogP contribution in [0.4, 0.5) is 0 Å². The van der Waals surface area contributed by atoms with Crippen LogP contribution in [-0.4, -0.2) is 44.6 Å². The van der Waals surface area contributed by atoms with Gasteiger partial charge in [-0.15, -0.1) is 10.2 Å². The summed E-state index contributed by atoms with van der Waals surface area (Å²) in [5.41, 5.74) is 2.06. The zero-order valence-electron chi connectivity index (χ0n) is 17.4. The lowest BCUT2D eigenvalue weighted by Gasteiger charge is -2.11. The van der Waals surface area contributed by atoms with Gasteiger partial charge in [0.05, 0.1) is 18.8 Å². The van der Waals surface area contributed by atoms with Gasteiger partial charge in [-0.1, -0.05) is 60.3 Å². The molecule has 0 unspecified atom stereocenters. The summed E-state index contributed by atoms with van der Waals surface area (Å²) in [7, 11) is 0. The first-order valence-corrected chi connectivity index (χ1v) is 11.2. The number of carbonyl (C=O) groups excluding carboxylic acids is 1. The Kier molecular flexibility index (Phi) is 7.49. The Morgan fingerprint density at radius 2 is 1.66 bits per heavy atom. The molecule has 0 radical (unpaired) electrons. The van der Waals surface area contributed by atoms with Crippen molar-refractivity contribution < 1.29 is 9.53 Å². The summed E-state index contributed by atoms with van der Waals surface area (Å²) in [5, 5.41) is 12.3. The van der Waals surface area contributed by atoms with Crippen molar-refractivity contribution in [1.82, 2.24) is 25.1 Å². The van der Waals surface area contributed by atoms with Gasteiger partial charge in [0.15, 0.2) is 11.0 Å².